The Labute approximate surface area is 147 Å². The van der Waals surface area contributed by atoms with E-state index in [9.17, 15) is 9.90 Å². The van der Waals surface area contributed by atoms with E-state index in [1.165, 1.54) is 0 Å². The number of benzene rings is 2. The van der Waals surface area contributed by atoms with Crippen molar-refractivity contribution in [2.75, 3.05) is 0 Å². The lowest BCUT2D eigenvalue weighted by Crippen LogP contribution is -2.30. The van der Waals surface area contributed by atoms with E-state index >= 15 is 0 Å². The molecule has 0 aliphatic heterocycles. The monoisotopic (exact) mass is 335 g/mol. The van der Waals surface area contributed by atoms with E-state index in [0.29, 0.717) is 17.5 Å². The fourth-order valence-electron chi connectivity index (χ4n) is 3.01. The van der Waals surface area contributed by atoms with Gasteiger partial charge in [-0.25, -0.2) is 4.98 Å². The van der Waals surface area contributed by atoms with Crippen LogP contribution >= 0.6 is 0 Å². The Morgan fingerprint density at radius 1 is 1.08 bits per heavy atom. The van der Waals surface area contributed by atoms with Gasteiger partial charge in [-0.3, -0.25) is 4.79 Å². The third-order valence-corrected chi connectivity index (χ3v) is 4.18. The second-order valence-corrected chi connectivity index (χ2v) is 6.65. The van der Waals surface area contributed by atoms with Gasteiger partial charge in [0.15, 0.2) is 11.9 Å². The molecule has 1 atom stereocenters. The smallest absolute Gasteiger partial charge is 0.253 e. The Balaban J connectivity index is 2.05. The van der Waals surface area contributed by atoms with Gasteiger partial charge in [-0.2, -0.15) is 0 Å². The summed E-state index contributed by atoms with van der Waals surface area (Å²) in [4.78, 5) is 15.5. The third-order valence-electron chi connectivity index (χ3n) is 4.18. The zero-order valence-electron chi connectivity index (χ0n) is 14.5. The third kappa shape index (κ3) is 3.79. The zero-order chi connectivity index (χ0) is 17.8. The molecule has 3 aromatic rings. The number of nitrogens with one attached hydrogen (secondary N) is 2. The lowest BCUT2D eigenvalue weighted by atomic mass is 9.96. The van der Waals surface area contributed by atoms with Gasteiger partial charge in [0.2, 0.25) is 5.91 Å². The van der Waals surface area contributed by atoms with Crippen molar-refractivity contribution >= 4 is 16.8 Å². The highest BCUT2D eigenvalue weighted by Crippen LogP contribution is 2.33. The SMILES string of the molecule is CC(C)CC(=O)NC(c1ccccc1)c1ccc2ccc[nH+]c2c1O. The first-order valence-corrected chi connectivity index (χ1v) is 8.53. The molecule has 1 amide bonds. The van der Waals surface area contributed by atoms with Crippen molar-refractivity contribution in [3.8, 4) is 5.75 Å². The summed E-state index contributed by atoms with van der Waals surface area (Å²) in [5.74, 6) is 0.409. The van der Waals surface area contributed by atoms with Crippen molar-refractivity contribution in [3.63, 3.8) is 0 Å². The van der Waals surface area contributed by atoms with Crippen LogP contribution in [-0.2, 0) is 4.79 Å². The number of H-pyrrole nitrogens is 1. The average molecular weight is 335 g/mol. The van der Waals surface area contributed by atoms with Gasteiger partial charge in [0.25, 0.3) is 5.52 Å². The summed E-state index contributed by atoms with van der Waals surface area (Å²) in [7, 11) is 0. The van der Waals surface area contributed by atoms with Crippen molar-refractivity contribution in [2.24, 2.45) is 5.92 Å². The van der Waals surface area contributed by atoms with E-state index in [1.807, 2.05) is 68.4 Å². The van der Waals surface area contributed by atoms with Gasteiger partial charge in [0.1, 0.15) is 0 Å². The zero-order valence-corrected chi connectivity index (χ0v) is 14.5. The molecule has 0 aliphatic rings. The van der Waals surface area contributed by atoms with E-state index < -0.39 is 6.04 Å². The highest BCUT2D eigenvalue weighted by Gasteiger charge is 2.23. The van der Waals surface area contributed by atoms with Gasteiger partial charge in [-0.05, 0) is 23.6 Å². The van der Waals surface area contributed by atoms with Gasteiger partial charge in [-0.1, -0.05) is 50.2 Å². The Morgan fingerprint density at radius 2 is 1.84 bits per heavy atom. The highest BCUT2D eigenvalue weighted by molar-refractivity contribution is 5.83. The molecular formula is C21H23N2O2+. The molecule has 25 heavy (non-hydrogen) atoms. The molecule has 4 nitrogen and oxygen atoms in total. The van der Waals surface area contributed by atoms with Crippen LogP contribution in [0.15, 0.2) is 60.8 Å². The van der Waals surface area contributed by atoms with Crippen LogP contribution < -0.4 is 10.3 Å². The normalized spacial score (nSPS) is 12.3. The fourth-order valence-corrected chi connectivity index (χ4v) is 3.01. The number of aromatic hydroxyl groups is 1. The maximum Gasteiger partial charge on any atom is 0.253 e. The van der Waals surface area contributed by atoms with Gasteiger partial charge in [0, 0.05) is 18.1 Å². The molecule has 0 radical (unpaired) electrons. The minimum Gasteiger partial charge on any atom is -0.502 e. The van der Waals surface area contributed by atoms with Gasteiger partial charge >= 0.3 is 0 Å². The number of phenols is 1. The van der Waals surface area contributed by atoms with Crippen molar-refractivity contribution in [1.82, 2.24) is 5.32 Å². The molecule has 1 heterocycles. The number of amides is 1. The number of carbonyl (C=O) groups is 1. The van der Waals surface area contributed by atoms with Crippen molar-refractivity contribution in [3.05, 3.63) is 71.9 Å². The predicted molar refractivity (Wildman–Crippen MR) is 98.1 cm³/mol. The highest BCUT2D eigenvalue weighted by atomic mass is 16.3. The van der Waals surface area contributed by atoms with Gasteiger partial charge in [-0.15, -0.1) is 0 Å². The van der Waals surface area contributed by atoms with Gasteiger partial charge in [0.05, 0.1) is 11.4 Å². The fraction of sp³-hybridized carbons (Fsp3) is 0.238. The quantitative estimate of drug-likeness (QED) is 0.748. The number of hydrogen-bond donors (Lipinski definition) is 2. The van der Waals surface area contributed by atoms with E-state index in [0.717, 1.165) is 10.9 Å². The molecule has 1 aromatic heterocycles. The Morgan fingerprint density at radius 3 is 2.56 bits per heavy atom. The number of phenolic OH excluding ortho intramolecular Hbond substituents is 1. The number of fused-ring (bicyclic) bond motifs is 1. The average Bonchev–Trinajstić information content (AvgIpc) is 2.61. The van der Waals surface area contributed by atoms with Crippen molar-refractivity contribution < 1.29 is 14.9 Å². The second kappa shape index (κ2) is 7.34. The van der Waals surface area contributed by atoms with Crippen LogP contribution in [0.25, 0.3) is 10.9 Å². The summed E-state index contributed by atoms with van der Waals surface area (Å²) >= 11 is 0. The number of pyridine rings is 1. The van der Waals surface area contributed by atoms with E-state index in [1.54, 1.807) is 6.20 Å². The largest absolute Gasteiger partial charge is 0.502 e. The Kier molecular flexibility index (Phi) is 4.98. The molecule has 3 rings (SSSR count). The number of hydrogen-bond acceptors (Lipinski definition) is 2. The number of rotatable bonds is 5. The maximum atomic E-state index is 12.4. The standard InChI is InChI=1S/C21H22N2O2/c1-14(2)13-18(24)23-19(15-7-4-3-5-8-15)17-11-10-16-9-6-12-22-20(16)21(17)25/h3-12,14,19,25H,13H2,1-2H3,(H,23,24)/p+1. The molecule has 0 spiro atoms. The molecule has 4 heteroatoms. The summed E-state index contributed by atoms with van der Waals surface area (Å²) in [6.45, 7) is 4.03. The second-order valence-electron chi connectivity index (χ2n) is 6.65. The number of aromatic nitrogens is 1. The molecule has 3 N–H and O–H groups in total. The Bertz CT molecular complexity index is 875. The number of aromatic amines is 1. The molecule has 128 valence electrons. The lowest BCUT2D eigenvalue weighted by Gasteiger charge is -2.21. The van der Waals surface area contributed by atoms with Crippen LogP contribution in [0.1, 0.15) is 37.4 Å². The minimum absolute atomic E-state index is 0.0274. The maximum absolute atomic E-state index is 12.4. The topological polar surface area (TPSA) is 63.5 Å². The van der Waals surface area contributed by atoms with E-state index in [2.05, 4.69) is 10.3 Å². The van der Waals surface area contributed by atoms with Crippen molar-refractivity contribution in [2.45, 2.75) is 26.3 Å². The predicted octanol–water partition coefficient (Wildman–Crippen LogP) is 3.61. The van der Waals surface area contributed by atoms with Crippen molar-refractivity contribution in [1.29, 1.82) is 0 Å². The number of carbonyl (C=O) groups excluding carboxylic acids is 1. The van der Waals surface area contributed by atoms with E-state index in [4.69, 9.17) is 0 Å². The first-order valence-electron chi connectivity index (χ1n) is 8.53. The summed E-state index contributed by atoms with van der Waals surface area (Å²) in [6.07, 6.45) is 2.23. The van der Waals surface area contributed by atoms with Crippen LogP contribution in [0.3, 0.4) is 0 Å². The van der Waals surface area contributed by atoms with Crippen LogP contribution in [0.2, 0.25) is 0 Å². The molecule has 0 saturated heterocycles. The molecular weight excluding hydrogens is 312 g/mol. The van der Waals surface area contributed by atoms with Gasteiger partial charge < -0.3 is 10.4 Å². The van der Waals surface area contributed by atoms with Crippen LogP contribution in [0.5, 0.6) is 5.75 Å². The molecule has 0 bridgehead atoms. The van der Waals surface area contributed by atoms with Crippen LogP contribution in [0.4, 0.5) is 0 Å². The molecule has 0 fully saturated rings. The first kappa shape index (κ1) is 17.0. The first-order chi connectivity index (χ1) is 12.1. The van der Waals surface area contributed by atoms with E-state index in [-0.39, 0.29) is 17.6 Å². The molecule has 0 aliphatic carbocycles. The summed E-state index contributed by atoms with van der Waals surface area (Å²) in [5, 5.41) is 14.8. The van der Waals surface area contributed by atoms with Crippen LogP contribution in [0, 0.1) is 5.92 Å². The minimum atomic E-state index is -0.398. The van der Waals surface area contributed by atoms with Crippen LogP contribution in [-0.4, -0.2) is 11.0 Å². The molecule has 2 aromatic carbocycles. The summed E-state index contributed by atoms with van der Waals surface area (Å²) in [6, 6.07) is 17.0. The summed E-state index contributed by atoms with van der Waals surface area (Å²) < 4.78 is 0. The Hall–Kier alpha value is -2.88. The molecule has 1 unspecified atom stereocenters. The lowest BCUT2D eigenvalue weighted by molar-refractivity contribution is -0.345. The molecule has 0 saturated carbocycles. The summed E-state index contributed by atoms with van der Waals surface area (Å²) in [5.41, 5.74) is 2.28.